The van der Waals surface area contributed by atoms with Crippen LogP contribution in [-0.2, 0) is 0 Å². The zero-order chi connectivity index (χ0) is 10.9. The molecule has 0 aliphatic carbocycles. The predicted molar refractivity (Wildman–Crippen MR) is 46.7 cm³/mol. The van der Waals surface area contributed by atoms with Crippen molar-refractivity contribution in [3.05, 3.63) is 32.2 Å². The topological polar surface area (TPSA) is 70.2 Å². The van der Waals surface area contributed by atoms with Crippen LogP contribution in [-0.4, -0.2) is 16.1 Å². The number of aromatic nitrogens is 1. The number of carboxylic acid groups (broad SMARTS) is 1. The van der Waals surface area contributed by atoms with E-state index in [-0.39, 0.29) is 4.47 Å². The van der Waals surface area contributed by atoms with E-state index in [0.717, 1.165) is 6.20 Å². The Labute approximate surface area is 84.7 Å². The van der Waals surface area contributed by atoms with Crippen LogP contribution < -0.4 is 5.56 Å². The Balaban J connectivity index is 3.58. The largest absolute Gasteiger partial charge is 0.477 e. The molecule has 0 radical (unpaired) electrons. The number of aromatic amines is 1. The first kappa shape index (κ1) is 10.8. The van der Waals surface area contributed by atoms with E-state index in [4.69, 9.17) is 5.11 Å². The summed E-state index contributed by atoms with van der Waals surface area (Å²) in [7, 11) is 0. The van der Waals surface area contributed by atoms with Gasteiger partial charge in [0.25, 0.3) is 12.0 Å². The highest BCUT2D eigenvalue weighted by molar-refractivity contribution is 9.10. The third-order valence-electron chi connectivity index (χ3n) is 1.52. The van der Waals surface area contributed by atoms with Crippen molar-refractivity contribution in [1.82, 2.24) is 4.98 Å². The van der Waals surface area contributed by atoms with Crippen LogP contribution in [0.4, 0.5) is 8.78 Å². The van der Waals surface area contributed by atoms with E-state index in [0.29, 0.717) is 0 Å². The molecule has 7 heteroatoms. The minimum absolute atomic E-state index is 0.135. The van der Waals surface area contributed by atoms with Gasteiger partial charge in [0, 0.05) is 10.7 Å². The molecule has 0 saturated carbocycles. The Morgan fingerprint density at radius 2 is 2.14 bits per heavy atom. The number of hydrogen-bond donors (Lipinski definition) is 2. The number of alkyl halides is 2. The maximum atomic E-state index is 12.4. The van der Waals surface area contributed by atoms with Gasteiger partial charge in [-0.05, 0) is 15.9 Å². The number of hydrogen-bond acceptors (Lipinski definition) is 2. The molecule has 0 aromatic carbocycles. The summed E-state index contributed by atoms with van der Waals surface area (Å²) in [5, 5.41) is 8.55. The van der Waals surface area contributed by atoms with Crippen LogP contribution >= 0.6 is 15.9 Å². The van der Waals surface area contributed by atoms with E-state index >= 15 is 0 Å². The fourth-order valence-electron chi connectivity index (χ4n) is 0.946. The molecule has 0 fully saturated rings. The summed E-state index contributed by atoms with van der Waals surface area (Å²) >= 11 is 2.74. The van der Waals surface area contributed by atoms with Crippen molar-refractivity contribution in [2.24, 2.45) is 0 Å². The van der Waals surface area contributed by atoms with Gasteiger partial charge in [0.2, 0.25) is 0 Å². The van der Waals surface area contributed by atoms with Gasteiger partial charge in [-0.2, -0.15) is 0 Å². The smallest absolute Gasteiger partial charge is 0.341 e. The summed E-state index contributed by atoms with van der Waals surface area (Å²) < 4.78 is 24.6. The van der Waals surface area contributed by atoms with Crippen molar-refractivity contribution < 1.29 is 18.7 Å². The van der Waals surface area contributed by atoms with E-state index < -0.39 is 29.1 Å². The van der Waals surface area contributed by atoms with Crippen LogP contribution in [0.15, 0.2) is 15.5 Å². The van der Waals surface area contributed by atoms with E-state index in [2.05, 4.69) is 15.9 Å². The third kappa shape index (κ3) is 1.82. The Kier molecular flexibility index (Phi) is 3.00. The second-order valence-electron chi connectivity index (χ2n) is 2.36. The highest BCUT2D eigenvalue weighted by Gasteiger charge is 2.24. The maximum Gasteiger partial charge on any atom is 0.341 e. The molecular formula is C7H4BrF2NO3. The summed E-state index contributed by atoms with van der Waals surface area (Å²) in [5.41, 5.74) is -2.79. The molecule has 0 spiro atoms. The second-order valence-corrected chi connectivity index (χ2v) is 3.21. The normalized spacial score (nSPS) is 10.6. The molecular weight excluding hydrogens is 264 g/mol. The molecule has 1 rings (SSSR count). The average molecular weight is 268 g/mol. The van der Waals surface area contributed by atoms with Gasteiger partial charge in [0.15, 0.2) is 0 Å². The molecule has 76 valence electrons. The molecule has 4 nitrogen and oxygen atoms in total. The summed E-state index contributed by atoms with van der Waals surface area (Å²) in [5.74, 6) is -1.68. The van der Waals surface area contributed by atoms with Gasteiger partial charge >= 0.3 is 5.97 Å². The molecule has 1 aromatic rings. The highest BCUT2D eigenvalue weighted by atomic mass is 79.9. The molecule has 0 aliphatic rings. The molecule has 2 N–H and O–H groups in total. The lowest BCUT2D eigenvalue weighted by molar-refractivity contribution is 0.0682. The van der Waals surface area contributed by atoms with Gasteiger partial charge in [0.05, 0.1) is 5.56 Å². The lowest BCUT2D eigenvalue weighted by Crippen LogP contribution is -2.20. The number of carbonyl (C=O) groups is 1. The maximum absolute atomic E-state index is 12.4. The number of rotatable bonds is 2. The molecule has 0 aliphatic heterocycles. The van der Waals surface area contributed by atoms with Gasteiger partial charge in [-0.1, -0.05) is 0 Å². The van der Waals surface area contributed by atoms with E-state index in [1.165, 1.54) is 0 Å². The van der Waals surface area contributed by atoms with Gasteiger partial charge < -0.3 is 10.1 Å². The van der Waals surface area contributed by atoms with Crippen LogP contribution in [0.2, 0.25) is 0 Å². The zero-order valence-electron chi connectivity index (χ0n) is 6.55. The predicted octanol–water partition coefficient (Wildman–Crippen LogP) is 1.77. The van der Waals surface area contributed by atoms with Gasteiger partial charge in [-0.15, -0.1) is 0 Å². The summed E-state index contributed by atoms with van der Waals surface area (Å²) in [6, 6.07) is 0. The van der Waals surface area contributed by atoms with Crippen molar-refractivity contribution in [3.63, 3.8) is 0 Å². The first-order valence-corrected chi connectivity index (χ1v) is 4.17. The fraction of sp³-hybridized carbons (Fsp3) is 0.143. The monoisotopic (exact) mass is 267 g/mol. The molecule has 0 bridgehead atoms. The number of H-pyrrole nitrogens is 1. The van der Waals surface area contributed by atoms with Crippen LogP contribution in [0.3, 0.4) is 0 Å². The number of halogens is 3. The van der Waals surface area contributed by atoms with Crippen LogP contribution in [0.25, 0.3) is 0 Å². The molecule has 1 heterocycles. The molecule has 0 unspecified atom stereocenters. The minimum Gasteiger partial charge on any atom is -0.477 e. The van der Waals surface area contributed by atoms with Gasteiger partial charge in [0.1, 0.15) is 5.56 Å². The van der Waals surface area contributed by atoms with Crippen LogP contribution in [0.1, 0.15) is 22.3 Å². The highest BCUT2D eigenvalue weighted by Crippen LogP contribution is 2.28. The number of carboxylic acids is 1. The number of pyridine rings is 1. The van der Waals surface area contributed by atoms with Crippen molar-refractivity contribution in [1.29, 1.82) is 0 Å². The first-order chi connectivity index (χ1) is 6.45. The molecule has 1 aromatic heterocycles. The quantitative estimate of drug-likeness (QED) is 0.858. The summed E-state index contributed by atoms with van der Waals surface area (Å²) in [6.07, 6.45) is -2.03. The van der Waals surface area contributed by atoms with Crippen molar-refractivity contribution in [3.8, 4) is 0 Å². The Morgan fingerprint density at radius 1 is 1.57 bits per heavy atom. The lowest BCUT2D eigenvalue weighted by atomic mass is 10.1. The zero-order valence-corrected chi connectivity index (χ0v) is 8.14. The van der Waals surface area contributed by atoms with Crippen molar-refractivity contribution in [2.45, 2.75) is 6.43 Å². The number of nitrogens with one attached hydrogen (secondary N) is 1. The Hall–Kier alpha value is -1.24. The van der Waals surface area contributed by atoms with Gasteiger partial charge in [-0.3, -0.25) is 4.79 Å². The molecule has 14 heavy (non-hydrogen) atoms. The van der Waals surface area contributed by atoms with Crippen LogP contribution in [0, 0.1) is 0 Å². The Morgan fingerprint density at radius 3 is 2.50 bits per heavy atom. The standard InChI is InChI=1S/C7H4BrF2NO3/c8-2-1-11-6(12)4(7(13)14)3(2)5(9)10/h1,5H,(H,11,12)(H,13,14). The summed E-state index contributed by atoms with van der Waals surface area (Å²) in [6.45, 7) is 0. The summed E-state index contributed by atoms with van der Waals surface area (Å²) in [4.78, 5) is 23.5. The second kappa shape index (κ2) is 3.87. The fourth-order valence-corrected chi connectivity index (χ4v) is 1.43. The molecule has 0 saturated heterocycles. The average Bonchev–Trinajstić information content (AvgIpc) is 2.07. The Bertz CT molecular complexity index is 429. The van der Waals surface area contributed by atoms with E-state index in [1.54, 1.807) is 0 Å². The van der Waals surface area contributed by atoms with E-state index in [9.17, 15) is 18.4 Å². The molecule has 0 amide bonds. The minimum atomic E-state index is -3.02. The van der Waals surface area contributed by atoms with Crippen molar-refractivity contribution in [2.75, 3.05) is 0 Å². The molecule has 0 atom stereocenters. The first-order valence-electron chi connectivity index (χ1n) is 3.37. The SMILES string of the molecule is O=C(O)c1c(C(F)F)c(Br)c[nH]c1=O. The lowest BCUT2D eigenvalue weighted by Gasteiger charge is -2.05. The van der Waals surface area contributed by atoms with E-state index in [1.807, 2.05) is 4.98 Å². The van der Waals surface area contributed by atoms with Crippen molar-refractivity contribution >= 4 is 21.9 Å². The van der Waals surface area contributed by atoms with Gasteiger partial charge in [-0.25, -0.2) is 13.6 Å². The third-order valence-corrected chi connectivity index (χ3v) is 2.17. The number of aromatic carboxylic acids is 1. The van der Waals surface area contributed by atoms with Crippen LogP contribution in [0.5, 0.6) is 0 Å².